The molecule has 0 aliphatic heterocycles. The van der Waals surface area contributed by atoms with Crippen LogP contribution in [-0.4, -0.2) is 32.0 Å². The summed E-state index contributed by atoms with van der Waals surface area (Å²) in [7, 11) is 0. The van der Waals surface area contributed by atoms with E-state index in [0.717, 1.165) is 11.3 Å². The molecule has 0 saturated carbocycles. The molecule has 0 bridgehead atoms. The van der Waals surface area contributed by atoms with Crippen molar-refractivity contribution in [3.05, 3.63) is 16.8 Å². The Morgan fingerprint density at radius 3 is 2.65 bits per heavy atom. The zero-order chi connectivity index (χ0) is 12.6. The number of rotatable bonds is 3. The van der Waals surface area contributed by atoms with E-state index >= 15 is 0 Å². The molecule has 0 amide bonds. The van der Waals surface area contributed by atoms with Crippen LogP contribution >= 0.6 is 11.3 Å². The first-order valence-electron chi connectivity index (χ1n) is 4.55. The summed E-state index contributed by atoms with van der Waals surface area (Å²) in [6.45, 7) is 1.29. The zero-order valence-electron chi connectivity index (χ0n) is 8.72. The summed E-state index contributed by atoms with van der Waals surface area (Å²) in [5, 5.41) is 15.5. The molecule has 0 aliphatic carbocycles. The number of nitrogens with two attached hydrogens (primary N) is 1. The van der Waals surface area contributed by atoms with Gasteiger partial charge >= 0.3 is 5.97 Å². The summed E-state index contributed by atoms with van der Waals surface area (Å²) in [6, 6.07) is 0. The normalized spacial score (nSPS) is 10.4. The van der Waals surface area contributed by atoms with Crippen LogP contribution in [0.25, 0.3) is 10.6 Å². The molecule has 0 unspecified atom stereocenters. The molecule has 88 valence electrons. The second kappa shape index (κ2) is 3.98. The number of carbonyl (C=O) groups is 2. The summed E-state index contributed by atoms with van der Waals surface area (Å²) in [6.07, 6.45) is 1.43. The number of aromatic nitrogens is 3. The number of aromatic amines is 1. The van der Waals surface area contributed by atoms with Gasteiger partial charge in [0.1, 0.15) is 15.7 Å². The molecule has 2 aromatic rings. The highest BCUT2D eigenvalue weighted by atomic mass is 32.1. The van der Waals surface area contributed by atoms with Crippen molar-refractivity contribution < 1.29 is 14.7 Å². The standard InChI is InChI=1S/C9H8N4O3S/c1-3(14)6-5(9(15)16)12-8(17-6)4-2-11-13-7(4)10/h2H,1H3,(H,15,16)(H3,10,11,13). The van der Waals surface area contributed by atoms with Gasteiger partial charge in [-0.15, -0.1) is 11.3 Å². The van der Waals surface area contributed by atoms with Crippen molar-refractivity contribution in [3.8, 4) is 10.6 Å². The van der Waals surface area contributed by atoms with Gasteiger partial charge in [0.15, 0.2) is 11.5 Å². The molecule has 2 aromatic heterocycles. The van der Waals surface area contributed by atoms with Crippen LogP contribution in [0, 0.1) is 0 Å². The minimum Gasteiger partial charge on any atom is -0.476 e. The minimum absolute atomic E-state index is 0.105. The number of hydrogen-bond donors (Lipinski definition) is 3. The van der Waals surface area contributed by atoms with E-state index in [-0.39, 0.29) is 22.2 Å². The highest BCUT2D eigenvalue weighted by Gasteiger charge is 2.22. The lowest BCUT2D eigenvalue weighted by atomic mass is 10.3. The van der Waals surface area contributed by atoms with Gasteiger partial charge in [-0.2, -0.15) is 5.10 Å². The van der Waals surface area contributed by atoms with Crippen LogP contribution in [0.15, 0.2) is 6.20 Å². The van der Waals surface area contributed by atoms with Crippen molar-refractivity contribution in [2.75, 3.05) is 5.73 Å². The number of hydrogen-bond acceptors (Lipinski definition) is 6. The molecule has 0 saturated heterocycles. The van der Waals surface area contributed by atoms with Gasteiger partial charge < -0.3 is 10.8 Å². The predicted octanol–water partition coefficient (Wildman–Crippen LogP) is 1.02. The van der Waals surface area contributed by atoms with Crippen molar-refractivity contribution in [3.63, 3.8) is 0 Å². The Hall–Kier alpha value is -2.22. The highest BCUT2D eigenvalue weighted by Crippen LogP contribution is 2.30. The van der Waals surface area contributed by atoms with Gasteiger partial charge in [0.2, 0.25) is 0 Å². The topological polar surface area (TPSA) is 122 Å². The Morgan fingerprint density at radius 1 is 1.53 bits per heavy atom. The Kier molecular flexibility index (Phi) is 2.64. The van der Waals surface area contributed by atoms with E-state index in [1.54, 1.807) is 0 Å². The number of H-pyrrole nitrogens is 1. The maximum absolute atomic E-state index is 11.3. The average molecular weight is 252 g/mol. The number of nitrogens with zero attached hydrogens (tertiary/aromatic N) is 2. The lowest BCUT2D eigenvalue weighted by Gasteiger charge is -1.90. The van der Waals surface area contributed by atoms with Crippen LogP contribution in [0.4, 0.5) is 5.82 Å². The van der Waals surface area contributed by atoms with Crippen LogP contribution in [0.1, 0.15) is 27.1 Å². The van der Waals surface area contributed by atoms with E-state index < -0.39 is 5.97 Å². The largest absolute Gasteiger partial charge is 0.476 e. The SMILES string of the molecule is CC(=O)c1sc(-c2cn[nH]c2N)nc1C(=O)O. The van der Waals surface area contributed by atoms with E-state index in [2.05, 4.69) is 15.2 Å². The molecule has 0 aliphatic rings. The Bertz CT molecular complexity index is 570. The molecule has 17 heavy (non-hydrogen) atoms. The molecule has 2 rings (SSSR count). The fraction of sp³-hybridized carbons (Fsp3) is 0.111. The molecule has 0 spiro atoms. The van der Waals surface area contributed by atoms with Crippen LogP contribution in [0.5, 0.6) is 0 Å². The second-order valence-electron chi connectivity index (χ2n) is 3.26. The Labute approximate surface area is 99.3 Å². The first-order chi connectivity index (χ1) is 8.00. The number of carboxylic acid groups (broad SMARTS) is 1. The highest BCUT2D eigenvalue weighted by molar-refractivity contribution is 7.17. The van der Waals surface area contributed by atoms with E-state index in [1.807, 2.05) is 0 Å². The third-order valence-corrected chi connectivity index (χ3v) is 3.24. The van der Waals surface area contributed by atoms with Crippen molar-refractivity contribution in [1.82, 2.24) is 15.2 Å². The van der Waals surface area contributed by atoms with E-state index in [0.29, 0.717) is 10.6 Å². The van der Waals surface area contributed by atoms with E-state index in [1.165, 1.54) is 13.1 Å². The smallest absolute Gasteiger partial charge is 0.356 e. The number of anilines is 1. The van der Waals surface area contributed by atoms with Gasteiger partial charge in [0.25, 0.3) is 0 Å². The Balaban J connectivity index is 2.59. The summed E-state index contributed by atoms with van der Waals surface area (Å²) in [5.41, 5.74) is 5.84. The molecule has 0 fully saturated rings. The summed E-state index contributed by atoms with van der Waals surface area (Å²) < 4.78 is 0. The van der Waals surface area contributed by atoms with Gasteiger partial charge in [-0.25, -0.2) is 9.78 Å². The van der Waals surface area contributed by atoms with Gasteiger partial charge in [-0.1, -0.05) is 0 Å². The average Bonchev–Trinajstić information content (AvgIpc) is 2.82. The monoisotopic (exact) mass is 252 g/mol. The van der Waals surface area contributed by atoms with Crippen molar-refractivity contribution in [1.29, 1.82) is 0 Å². The van der Waals surface area contributed by atoms with Crippen molar-refractivity contribution >= 4 is 28.9 Å². The van der Waals surface area contributed by atoms with E-state index in [9.17, 15) is 9.59 Å². The number of aromatic carboxylic acids is 1. The third kappa shape index (κ3) is 1.89. The summed E-state index contributed by atoms with van der Waals surface area (Å²) in [4.78, 5) is 26.2. The van der Waals surface area contributed by atoms with Crippen molar-refractivity contribution in [2.45, 2.75) is 6.92 Å². The number of carbonyl (C=O) groups excluding carboxylic acids is 1. The van der Waals surface area contributed by atoms with Gasteiger partial charge in [0.05, 0.1) is 11.8 Å². The lowest BCUT2D eigenvalue weighted by Crippen LogP contribution is -2.03. The number of carboxylic acids is 1. The van der Waals surface area contributed by atoms with Gasteiger partial charge in [-0.3, -0.25) is 9.89 Å². The fourth-order valence-electron chi connectivity index (χ4n) is 1.29. The lowest BCUT2D eigenvalue weighted by molar-refractivity contribution is 0.0687. The molecule has 7 nitrogen and oxygen atoms in total. The summed E-state index contributed by atoms with van der Waals surface area (Å²) in [5.74, 6) is -1.29. The number of nitrogen functional groups attached to an aromatic ring is 1. The third-order valence-electron chi connectivity index (χ3n) is 2.05. The number of ketones is 1. The first-order valence-corrected chi connectivity index (χ1v) is 5.36. The van der Waals surface area contributed by atoms with E-state index in [4.69, 9.17) is 10.8 Å². The Morgan fingerprint density at radius 2 is 2.24 bits per heavy atom. The first kappa shape index (κ1) is 11.3. The van der Waals surface area contributed by atoms with Crippen LogP contribution < -0.4 is 5.73 Å². The molecule has 8 heteroatoms. The molecule has 0 atom stereocenters. The molecule has 0 aromatic carbocycles. The molecule has 4 N–H and O–H groups in total. The van der Waals surface area contributed by atoms with Crippen LogP contribution in [0.2, 0.25) is 0 Å². The quantitative estimate of drug-likeness (QED) is 0.701. The minimum atomic E-state index is -1.24. The van der Waals surface area contributed by atoms with Gasteiger partial charge in [-0.05, 0) is 0 Å². The molecular formula is C9H8N4O3S. The second-order valence-corrected chi connectivity index (χ2v) is 4.25. The molecular weight excluding hydrogens is 244 g/mol. The number of Topliss-reactive ketones (excluding diaryl/α,β-unsaturated/α-hetero) is 1. The summed E-state index contributed by atoms with van der Waals surface area (Å²) >= 11 is 0.986. The van der Waals surface area contributed by atoms with Crippen LogP contribution in [0.3, 0.4) is 0 Å². The molecule has 2 heterocycles. The predicted molar refractivity (Wildman–Crippen MR) is 61.1 cm³/mol. The van der Waals surface area contributed by atoms with Crippen LogP contribution in [-0.2, 0) is 0 Å². The van der Waals surface area contributed by atoms with Gasteiger partial charge in [0, 0.05) is 6.92 Å². The zero-order valence-corrected chi connectivity index (χ0v) is 9.54. The van der Waals surface area contributed by atoms with Crippen molar-refractivity contribution in [2.24, 2.45) is 0 Å². The fourth-order valence-corrected chi connectivity index (χ4v) is 2.26. The number of nitrogens with one attached hydrogen (secondary N) is 1. The molecule has 0 radical (unpaired) electrons. The number of thiazole rings is 1. The maximum Gasteiger partial charge on any atom is 0.356 e. The maximum atomic E-state index is 11.3.